The van der Waals surface area contributed by atoms with Gasteiger partial charge in [0, 0.05) is 14.2 Å². The van der Waals surface area contributed by atoms with Crippen molar-refractivity contribution in [2.75, 3.05) is 75.0 Å². The van der Waals surface area contributed by atoms with Gasteiger partial charge in [-0.1, -0.05) is 0 Å². The van der Waals surface area contributed by atoms with Crippen LogP contribution in [0.4, 0.5) is 133 Å². The van der Waals surface area contributed by atoms with Crippen molar-refractivity contribution in [1.29, 1.82) is 0 Å². The molecule has 0 radical (unpaired) electrons. The van der Waals surface area contributed by atoms with Gasteiger partial charge in [-0.2, -0.15) is 57.1 Å². The standard InChI is InChI=1S/C5H5F3O4.C4H3F3O4.2C4H6O4.C2H4F2.5C2H2F2.4CH2F2/c6-5(7,8)2-11-3-1-10-4(9)12-3;5-4(6,7)11-2-1-9-3(8)10-2;2*1-6-3-2-7-4(5)8-3;6*1-2(3)4;4*2-1-3/h3H,1-2H2;2H,1H2;2*3H,2H2,1H3;2H,1H3;5*1H2;4*1H2. The molecule has 0 aromatic rings. The van der Waals surface area contributed by atoms with E-state index in [0.717, 1.165) is 6.92 Å². The van der Waals surface area contributed by atoms with E-state index in [9.17, 15) is 133 Å². The number of hydrogen-bond acceptors (Lipinski definition) is 16. The molecular weight excluding hydrogens is 1150 g/mol. The summed E-state index contributed by atoms with van der Waals surface area (Å²) in [5.41, 5.74) is 0. The van der Waals surface area contributed by atoms with Crippen molar-refractivity contribution in [1.82, 2.24) is 0 Å². The average Bonchev–Trinajstić information content (AvgIpc) is 4.03. The molecule has 4 heterocycles. The third-order valence-electron chi connectivity index (χ3n) is 3.48. The predicted octanol–water partition coefficient (Wildman–Crippen LogP) is 14.1. The normalized spacial score (nSPS) is 16.3. The van der Waals surface area contributed by atoms with Crippen LogP contribution in [0, 0.1) is 0 Å². The Morgan fingerprint density at radius 3 is 0.760 bits per heavy atom. The molecule has 16 nitrogen and oxygen atoms in total. The molecule has 4 fully saturated rings. The largest absolute Gasteiger partial charge is 0.525 e. The predicted molar refractivity (Wildman–Crippen MR) is 195 cm³/mol. The van der Waals surface area contributed by atoms with Crippen LogP contribution >= 0.6 is 0 Å². The minimum atomic E-state index is -4.81. The summed E-state index contributed by atoms with van der Waals surface area (Å²) in [6.45, 7) is 3.08. The highest BCUT2D eigenvalue weighted by atomic mass is 19.4. The summed E-state index contributed by atoms with van der Waals surface area (Å²) in [6.07, 6.45) is -27.9. The number of halogens is 26. The zero-order chi connectivity index (χ0) is 61.9. The van der Waals surface area contributed by atoms with E-state index in [0.29, 0.717) is 0 Å². The summed E-state index contributed by atoms with van der Waals surface area (Å²) >= 11 is 0. The van der Waals surface area contributed by atoms with Gasteiger partial charge >= 0.3 is 37.2 Å². The molecule has 4 aliphatic heterocycles. The van der Waals surface area contributed by atoms with Crippen molar-refractivity contribution in [3.8, 4) is 0 Å². The highest BCUT2D eigenvalue weighted by molar-refractivity contribution is 5.62. The van der Waals surface area contributed by atoms with E-state index in [1.807, 2.05) is 0 Å². The number of carbonyl (C=O) groups is 4. The number of cyclic esters (lactones) is 8. The fourth-order valence-corrected chi connectivity index (χ4v) is 1.95. The van der Waals surface area contributed by atoms with Crippen LogP contribution in [0.25, 0.3) is 0 Å². The van der Waals surface area contributed by atoms with Crippen molar-refractivity contribution in [2.45, 2.75) is 51.0 Å². The second-order valence-electron chi connectivity index (χ2n) is 9.01. The molecule has 0 bridgehead atoms. The van der Waals surface area contributed by atoms with Crippen molar-refractivity contribution >= 4 is 24.6 Å². The molecule has 4 aliphatic rings. The Balaban J connectivity index is -0.0000000785. The molecule has 0 aromatic heterocycles. The van der Waals surface area contributed by atoms with E-state index in [-0.39, 0.29) is 19.8 Å². The van der Waals surface area contributed by atoms with E-state index in [1.54, 1.807) is 0 Å². The summed E-state index contributed by atoms with van der Waals surface area (Å²) < 4.78 is 318. The first-order chi connectivity index (χ1) is 34.1. The zero-order valence-electron chi connectivity index (χ0n) is 37.6. The van der Waals surface area contributed by atoms with Crippen LogP contribution in [0.2, 0.25) is 0 Å². The molecular formula is C33H42F26O16. The molecule has 0 aromatic carbocycles. The number of alkyl halides is 16. The second kappa shape index (κ2) is 63.9. The Bertz CT molecular complexity index is 1290. The smallest absolute Gasteiger partial charge is 0.428 e. The molecule has 0 N–H and O–H groups in total. The van der Waals surface area contributed by atoms with E-state index >= 15 is 0 Å². The van der Waals surface area contributed by atoms with Crippen molar-refractivity contribution < 1.29 is 190 Å². The number of carbonyl (C=O) groups excluding carboxylic acids is 4. The van der Waals surface area contributed by atoms with Gasteiger partial charge in [-0.3, -0.25) is 0 Å². The third kappa shape index (κ3) is 146. The van der Waals surface area contributed by atoms with Crippen LogP contribution in [0.3, 0.4) is 0 Å². The first-order valence-electron chi connectivity index (χ1n) is 16.7. The molecule has 0 spiro atoms. The van der Waals surface area contributed by atoms with Crippen LogP contribution in [0.1, 0.15) is 6.92 Å². The highest BCUT2D eigenvalue weighted by Crippen LogP contribution is 2.22. The molecule has 4 rings (SSSR count). The van der Waals surface area contributed by atoms with Gasteiger partial charge < -0.3 is 52.1 Å². The quantitative estimate of drug-likeness (QED) is 0.144. The lowest BCUT2D eigenvalue weighted by Gasteiger charge is -2.09. The van der Waals surface area contributed by atoms with Gasteiger partial charge in [0.2, 0.25) is 59.3 Å². The molecule has 4 saturated heterocycles. The summed E-state index contributed by atoms with van der Waals surface area (Å²) in [5.74, 6) is 0. The lowest BCUT2D eigenvalue weighted by atomic mass is 10.6. The SMILES string of the molecule is C=C(F)F.C=C(F)F.C=C(F)F.C=C(F)F.C=C(F)F.CC(F)F.COC1COC(=O)O1.COC1COC(=O)O1.FCF.FCF.FCF.FCF.O=C1OCC(OC(F)(F)F)O1.O=C1OCC(OCC(F)(F)F)O1. The van der Waals surface area contributed by atoms with Crippen LogP contribution in [-0.2, 0) is 56.8 Å². The van der Waals surface area contributed by atoms with Crippen LogP contribution in [0.15, 0.2) is 63.3 Å². The van der Waals surface area contributed by atoms with Gasteiger partial charge in [-0.25, -0.2) is 67.8 Å². The Kier molecular flexibility index (Phi) is 78.0. The maximum Gasteiger partial charge on any atom is 0.525 e. The van der Waals surface area contributed by atoms with Gasteiger partial charge in [0.05, 0.1) is 0 Å². The van der Waals surface area contributed by atoms with Gasteiger partial charge in [0.25, 0.3) is 30.4 Å². The summed E-state index contributed by atoms with van der Waals surface area (Å²) in [5, 5.41) is 0. The number of rotatable bonds is 5. The highest BCUT2D eigenvalue weighted by Gasteiger charge is 2.39. The maximum absolute atomic E-state index is 11.5. The topological polar surface area (TPSA) is 179 Å². The number of hydrogen-bond donors (Lipinski definition) is 0. The van der Waals surface area contributed by atoms with E-state index < -0.39 is 140 Å². The molecule has 0 saturated carbocycles. The van der Waals surface area contributed by atoms with Crippen LogP contribution in [-0.4, -0.2) is 144 Å². The van der Waals surface area contributed by atoms with E-state index in [2.05, 4.69) is 89.7 Å². The third-order valence-corrected chi connectivity index (χ3v) is 3.48. The van der Waals surface area contributed by atoms with Crippen LogP contribution < -0.4 is 0 Å². The first-order valence-corrected chi connectivity index (χ1v) is 16.7. The minimum absolute atomic E-state index is 0.204. The van der Waals surface area contributed by atoms with Crippen LogP contribution in [0.5, 0.6) is 0 Å². The molecule has 0 amide bonds. The van der Waals surface area contributed by atoms with Gasteiger partial charge in [0.15, 0.2) is 26.4 Å². The molecule has 4 atom stereocenters. The second-order valence-corrected chi connectivity index (χ2v) is 9.01. The lowest BCUT2D eigenvalue weighted by molar-refractivity contribution is -0.365. The van der Waals surface area contributed by atoms with Gasteiger partial charge in [-0.15, -0.1) is 13.2 Å². The Hall–Kier alpha value is -6.20. The Morgan fingerprint density at radius 1 is 0.467 bits per heavy atom. The molecule has 452 valence electrons. The first kappa shape index (κ1) is 91.5. The maximum atomic E-state index is 11.5. The summed E-state index contributed by atoms with van der Waals surface area (Å²) in [4.78, 5) is 40.4. The molecule has 75 heavy (non-hydrogen) atoms. The minimum Gasteiger partial charge on any atom is -0.428 e. The average molecular weight is 1190 g/mol. The van der Waals surface area contributed by atoms with E-state index in [4.69, 9.17) is 0 Å². The van der Waals surface area contributed by atoms with Gasteiger partial charge in [0.1, 0.15) is 6.61 Å². The number of methoxy groups -OCH3 is 2. The Morgan fingerprint density at radius 2 is 0.640 bits per heavy atom. The lowest BCUT2D eigenvalue weighted by Crippen LogP contribution is -2.25. The zero-order valence-corrected chi connectivity index (χ0v) is 37.6. The monoisotopic (exact) mass is 1190 g/mol. The van der Waals surface area contributed by atoms with E-state index in [1.165, 1.54) is 14.2 Å². The van der Waals surface area contributed by atoms with Gasteiger partial charge in [-0.05, 0) is 39.8 Å². The Labute approximate surface area is 404 Å². The summed E-state index contributed by atoms with van der Waals surface area (Å²) in [6, 6.07) is 0. The molecule has 4 unspecified atom stereocenters. The number of ether oxygens (including phenoxy) is 12. The fraction of sp³-hybridized carbons (Fsp3) is 0.576. The molecule has 0 aliphatic carbocycles. The van der Waals surface area contributed by atoms with Crippen molar-refractivity contribution in [3.63, 3.8) is 0 Å². The van der Waals surface area contributed by atoms with Crippen molar-refractivity contribution in [3.05, 3.63) is 63.3 Å². The summed E-state index contributed by atoms with van der Waals surface area (Å²) in [7, 11) is 2.90. The molecule has 42 heteroatoms. The van der Waals surface area contributed by atoms with Crippen molar-refractivity contribution in [2.24, 2.45) is 0 Å². The fourth-order valence-electron chi connectivity index (χ4n) is 1.95.